The lowest BCUT2D eigenvalue weighted by Gasteiger charge is -2.36. The molecule has 0 N–H and O–H groups in total. The molecule has 27 heavy (non-hydrogen) atoms. The van der Waals surface area contributed by atoms with Gasteiger partial charge in [-0.1, -0.05) is 0 Å². The van der Waals surface area contributed by atoms with E-state index in [2.05, 4.69) is 0 Å². The number of hydrogen-bond donors (Lipinski definition) is 0. The first-order valence-electron chi connectivity index (χ1n) is 9.41. The number of nitrogens with zero attached hydrogens (tertiary/aromatic N) is 2. The molecule has 2 aliphatic heterocycles. The van der Waals surface area contributed by atoms with Gasteiger partial charge in [0.05, 0.1) is 31.2 Å². The van der Waals surface area contributed by atoms with Crippen molar-refractivity contribution in [1.82, 2.24) is 9.80 Å². The number of carbonyl (C=O) groups excluding carboxylic acids is 2. The van der Waals surface area contributed by atoms with Crippen molar-refractivity contribution >= 4 is 12.1 Å². The summed E-state index contributed by atoms with van der Waals surface area (Å²) in [5, 5.41) is 0. The molecule has 0 aromatic carbocycles. The number of esters is 1. The lowest BCUT2D eigenvalue weighted by molar-refractivity contribution is -0.152. The summed E-state index contributed by atoms with van der Waals surface area (Å²) >= 11 is 0. The largest absolute Gasteiger partial charge is 0.469 e. The van der Waals surface area contributed by atoms with E-state index in [-0.39, 0.29) is 12.0 Å². The van der Waals surface area contributed by atoms with Crippen molar-refractivity contribution in [3.8, 4) is 0 Å². The van der Waals surface area contributed by atoms with Gasteiger partial charge in [0.25, 0.3) is 5.92 Å². The Balaban J connectivity index is 2.16. The van der Waals surface area contributed by atoms with Gasteiger partial charge in [0.1, 0.15) is 5.60 Å². The molecular formula is C19H32F2N2O4. The van der Waals surface area contributed by atoms with Crippen LogP contribution in [0.25, 0.3) is 0 Å². The molecule has 1 amide bonds. The average molecular weight is 390 g/mol. The Kier molecular flexibility index (Phi) is 5.82. The number of methoxy groups -OCH3 is 1. The Morgan fingerprint density at radius 1 is 1.22 bits per heavy atom. The predicted molar refractivity (Wildman–Crippen MR) is 96.7 cm³/mol. The van der Waals surface area contributed by atoms with E-state index in [1.165, 1.54) is 12.0 Å². The van der Waals surface area contributed by atoms with E-state index < -0.39 is 41.7 Å². The van der Waals surface area contributed by atoms with Gasteiger partial charge in [0.2, 0.25) is 0 Å². The second-order valence-electron chi connectivity index (χ2n) is 9.34. The van der Waals surface area contributed by atoms with Gasteiger partial charge in [0.15, 0.2) is 0 Å². The molecule has 2 saturated heterocycles. The number of halogens is 2. The number of hydrogen-bond acceptors (Lipinski definition) is 5. The fourth-order valence-electron chi connectivity index (χ4n) is 4.32. The number of amides is 1. The lowest BCUT2D eigenvalue weighted by atomic mass is 9.85. The number of ether oxygens (including phenoxy) is 2. The van der Waals surface area contributed by atoms with Crippen LogP contribution in [0.1, 0.15) is 54.4 Å². The molecule has 0 spiro atoms. The van der Waals surface area contributed by atoms with Crippen molar-refractivity contribution in [2.45, 2.75) is 84.0 Å². The smallest absolute Gasteiger partial charge is 0.410 e. The van der Waals surface area contributed by atoms with Crippen molar-refractivity contribution in [1.29, 1.82) is 0 Å². The van der Waals surface area contributed by atoms with Gasteiger partial charge in [-0.2, -0.15) is 0 Å². The average Bonchev–Trinajstić information content (AvgIpc) is 3.04. The van der Waals surface area contributed by atoms with Gasteiger partial charge in [-0.25, -0.2) is 13.6 Å². The van der Waals surface area contributed by atoms with Crippen LogP contribution in [0.2, 0.25) is 0 Å². The van der Waals surface area contributed by atoms with Crippen LogP contribution in [0.15, 0.2) is 0 Å². The van der Waals surface area contributed by atoms with E-state index in [0.29, 0.717) is 19.4 Å². The highest BCUT2D eigenvalue weighted by Gasteiger charge is 2.62. The summed E-state index contributed by atoms with van der Waals surface area (Å²) in [7, 11) is 1.32. The molecule has 6 nitrogen and oxygen atoms in total. The van der Waals surface area contributed by atoms with Crippen LogP contribution in [0.5, 0.6) is 0 Å². The number of fused-ring (bicyclic) bond motifs is 1. The molecule has 2 heterocycles. The van der Waals surface area contributed by atoms with E-state index in [1.807, 2.05) is 6.92 Å². The van der Waals surface area contributed by atoms with Crippen molar-refractivity contribution in [3.05, 3.63) is 0 Å². The molecule has 3 atom stereocenters. The molecule has 1 unspecified atom stereocenters. The number of likely N-dealkylation sites (tertiary alicyclic amines) is 2. The molecule has 0 aliphatic carbocycles. The minimum absolute atomic E-state index is 0.251. The maximum atomic E-state index is 14.8. The summed E-state index contributed by atoms with van der Waals surface area (Å²) in [5.41, 5.74) is -1.51. The standard InChI is InChI=1S/C19H32F2N2O4/c1-12(10-18(5,6)15(24)26-7)22-9-8-13-14(22)19(20,21)11-23(13)16(25)27-17(2,3)4/h12-14H,8-11H2,1-7H3/t12?,13-,14+/m0/s1. The number of alkyl halides is 2. The van der Waals surface area contributed by atoms with E-state index in [1.54, 1.807) is 39.5 Å². The van der Waals surface area contributed by atoms with Gasteiger partial charge in [-0.05, 0) is 54.4 Å². The molecule has 2 aliphatic rings. The van der Waals surface area contributed by atoms with E-state index in [4.69, 9.17) is 9.47 Å². The Hall–Kier alpha value is -1.44. The Bertz CT molecular complexity index is 589. The molecule has 2 fully saturated rings. The van der Waals surface area contributed by atoms with Crippen molar-refractivity contribution in [3.63, 3.8) is 0 Å². The number of rotatable bonds is 4. The third-order valence-electron chi connectivity index (χ3n) is 5.36. The van der Waals surface area contributed by atoms with Crippen molar-refractivity contribution in [2.75, 3.05) is 20.2 Å². The quantitative estimate of drug-likeness (QED) is 0.690. The molecule has 2 rings (SSSR count). The molecule has 0 bridgehead atoms. The highest BCUT2D eigenvalue weighted by atomic mass is 19.3. The fraction of sp³-hybridized carbons (Fsp3) is 0.895. The fourth-order valence-corrected chi connectivity index (χ4v) is 4.32. The highest BCUT2D eigenvalue weighted by Crippen LogP contribution is 2.44. The van der Waals surface area contributed by atoms with Crippen molar-refractivity contribution < 1.29 is 27.8 Å². The molecule has 0 saturated carbocycles. The first-order valence-corrected chi connectivity index (χ1v) is 9.41. The lowest BCUT2D eigenvalue weighted by Crippen LogP contribution is -2.50. The van der Waals surface area contributed by atoms with Gasteiger partial charge in [-0.15, -0.1) is 0 Å². The van der Waals surface area contributed by atoms with Gasteiger partial charge in [-0.3, -0.25) is 14.6 Å². The molecular weight excluding hydrogens is 358 g/mol. The predicted octanol–water partition coefficient (Wildman–Crippen LogP) is 3.29. The first kappa shape index (κ1) is 21.9. The Morgan fingerprint density at radius 2 is 1.81 bits per heavy atom. The molecule has 8 heteroatoms. The summed E-state index contributed by atoms with van der Waals surface area (Å²) in [6.07, 6.45) is 0.160. The van der Waals surface area contributed by atoms with E-state index in [0.717, 1.165) is 0 Å². The van der Waals surface area contributed by atoms with Gasteiger partial charge in [0, 0.05) is 12.6 Å². The Morgan fingerprint density at radius 3 is 2.33 bits per heavy atom. The second kappa shape index (κ2) is 7.18. The van der Waals surface area contributed by atoms with E-state index in [9.17, 15) is 18.4 Å². The SMILES string of the molecule is COC(=O)C(C)(C)CC(C)N1CC[C@H]2[C@@H]1C(F)(F)CN2C(=O)OC(C)(C)C. The van der Waals surface area contributed by atoms with Gasteiger partial charge >= 0.3 is 12.1 Å². The van der Waals surface area contributed by atoms with Crippen LogP contribution in [0.4, 0.5) is 13.6 Å². The summed E-state index contributed by atoms with van der Waals surface area (Å²) in [5.74, 6) is -3.39. The third kappa shape index (κ3) is 4.52. The van der Waals surface area contributed by atoms with Gasteiger partial charge < -0.3 is 9.47 Å². The summed E-state index contributed by atoms with van der Waals surface area (Å²) < 4.78 is 39.8. The monoisotopic (exact) mass is 390 g/mol. The van der Waals surface area contributed by atoms with E-state index >= 15 is 0 Å². The maximum Gasteiger partial charge on any atom is 0.410 e. The minimum atomic E-state index is -3.03. The number of carbonyl (C=O) groups is 2. The summed E-state index contributed by atoms with van der Waals surface area (Å²) in [6, 6.07) is -1.90. The van der Waals surface area contributed by atoms with Crippen LogP contribution in [-0.2, 0) is 14.3 Å². The molecule has 0 radical (unpaired) electrons. The third-order valence-corrected chi connectivity index (χ3v) is 5.36. The van der Waals surface area contributed by atoms with Crippen LogP contribution >= 0.6 is 0 Å². The van der Waals surface area contributed by atoms with Crippen LogP contribution in [-0.4, -0.2) is 71.7 Å². The zero-order valence-corrected chi connectivity index (χ0v) is 17.3. The summed E-state index contributed by atoms with van der Waals surface area (Å²) in [6.45, 7) is 10.3. The molecule has 0 aromatic heterocycles. The van der Waals surface area contributed by atoms with Crippen LogP contribution in [0, 0.1) is 5.41 Å². The maximum absolute atomic E-state index is 14.8. The highest BCUT2D eigenvalue weighted by molar-refractivity contribution is 5.75. The topological polar surface area (TPSA) is 59.1 Å². The Labute approximate surface area is 160 Å². The normalized spacial score (nSPS) is 26.6. The van der Waals surface area contributed by atoms with Crippen LogP contribution < -0.4 is 0 Å². The first-order chi connectivity index (χ1) is 12.2. The second-order valence-corrected chi connectivity index (χ2v) is 9.34. The minimum Gasteiger partial charge on any atom is -0.469 e. The van der Waals surface area contributed by atoms with Crippen molar-refractivity contribution in [2.24, 2.45) is 5.41 Å². The zero-order chi connectivity index (χ0) is 20.8. The molecule has 0 aromatic rings. The summed E-state index contributed by atoms with van der Waals surface area (Å²) in [4.78, 5) is 27.3. The zero-order valence-electron chi connectivity index (χ0n) is 17.3. The molecule has 156 valence electrons. The van der Waals surface area contributed by atoms with Crippen LogP contribution in [0.3, 0.4) is 0 Å².